The third kappa shape index (κ3) is 4.61. The highest BCUT2D eigenvalue weighted by molar-refractivity contribution is 8.00. The van der Waals surface area contributed by atoms with Gasteiger partial charge >= 0.3 is 0 Å². The van der Waals surface area contributed by atoms with Crippen LogP contribution in [0.5, 0.6) is 5.75 Å². The molecule has 3 aromatic rings. The van der Waals surface area contributed by atoms with E-state index >= 15 is 0 Å². The molecule has 6 nitrogen and oxygen atoms in total. The van der Waals surface area contributed by atoms with Crippen LogP contribution in [0.25, 0.3) is 16.6 Å². The van der Waals surface area contributed by atoms with Gasteiger partial charge in [-0.05, 0) is 58.9 Å². The second kappa shape index (κ2) is 9.56. The van der Waals surface area contributed by atoms with Crippen LogP contribution in [0.3, 0.4) is 0 Å². The van der Waals surface area contributed by atoms with Crippen molar-refractivity contribution in [1.82, 2.24) is 14.5 Å². The Hall–Kier alpha value is -2.80. The van der Waals surface area contributed by atoms with E-state index in [0.29, 0.717) is 27.5 Å². The van der Waals surface area contributed by atoms with E-state index in [0.717, 1.165) is 0 Å². The maximum absolute atomic E-state index is 13.5. The number of thioether (sulfide) groups is 1. The first kappa shape index (κ1) is 22.9. The van der Waals surface area contributed by atoms with E-state index in [2.05, 4.69) is 0 Å². The lowest BCUT2D eigenvalue weighted by atomic mass is 10.2. The number of fused-ring (bicyclic) bond motifs is 1. The Labute approximate surface area is 187 Å². The smallest absolute Gasteiger partial charge is 0.266 e. The van der Waals surface area contributed by atoms with Gasteiger partial charge in [0.25, 0.3) is 5.56 Å². The Balaban J connectivity index is 2.15. The van der Waals surface area contributed by atoms with E-state index < -0.39 is 5.25 Å². The van der Waals surface area contributed by atoms with Gasteiger partial charge in [0.15, 0.2) is 5.16 Å². The third-order valence-corrected chi connectivity index (χ3v) is 6.11. The third-order valence-electron chi connectivity index (χ3n) is 5.07. The maximum atomic E-state index is 13.5. The SMILES string of the molecule is COc1ccccc1-n1c(SC(C)C(=O)N(C(C)C)C(C)C)nc2ccccc2c1=O. The van der Waals surface area contributed by atoms with E-state index in [-0.39, 0.29) is 23.6 Å². The molecule has 0 saturated carbocycles. The predicted octanol–water partition coefficient (Wildman–Crippen LogP) is 4.52. The molecule has 0 radical (unpaired) electrons. The van der Waals surface area contributed by atoms with Gasteiger partial charge in [0.1, 0.15) is 5.75 Å². The zero-order valence-electron chi connectivity index (χ0n) is 18.8. The van der Waals surface area contributed by atoms with Crippen LogP contribution in [0.2, 0.25) is 0 Å². The average Bonchev–Trinajstić information content (AvgIpc) is 2.73. The molecule has 7 heteroatoms. The van der Waals surface area contributed by atoms with Crippen LogP contribution in [-0.4, -0.2) is 44.8 Å². The molecule has 0 bridgehead atoms. The van der Waals surface area contributed by atoms with E-state index in [1.807, 2.05) is 75.9 Å². The summed E-state index contributed by atoms with van der Waals surface area (Å²) in [6.45, 7) is 9.89. The normalized spacial score (nSPS) is 12.4. The van der Waals surface area contributed by atoms with Crippen molar-refractivity contribution in [3.8, 4) is 11.4 Å². The van der Waals surface area contributed by atoms with Gasteiger partial charge in [0, 0.05) is 12.1 Å². The van der Waals surface area contributed by atoms with Crippen LogP contribution in [0.15, 0.2) is 58.5 Å². The van der Waals surface area contributed by atoms with E-state index in [4.69, 9.17) is 9.72 Å². The van der Waals surface area contributed by atoms with Crippen molar-refractivity contribution in [2.75, 3.05) is 7.11 Å². The standard InChI is InChI=1S/C24H29N3O3S/c1-15(2)26(16(3)4)22(28)17(5)31-24-25-19-12-8-7-11-18(19)23(29)27(24)20-13-9-10-14-21(20)30-6/h7-17H,1-6H3. The van der Waals surface area contributed by atoms with Gasteiger partial charge in [0.2, 0.25) is 5.91 Å². The number of methoxy groups -OCH3 is 1. The van der Waals surface area contributed by atoms with E-state index in [9.17, 15) is 9.59 Å². The van der Waals surface area contributed by atoms with Gasteiger partial charge in [-0.3, -0.25) is 14.2 Å². The van der Waals surface area contributed by atoms with Gasteiger partial charge in [0.05, 0.1) is 29.0 Å². The zero-order valence-corrected chi connectivity index (χ0v) is 19.6. The van der Waals surface area contributed by atoms with Crippen molar-refractivity contribution in [2.24, 2.45) is 0 Å². The van der Waals surface area contributed by atoms with Crippen molar-refractivity contribution in [3.63, 3.8) is 0 Å². The fourth-order valence-corrected chi connectivity index (χ4v) is 4.72. The summed E-state index contributed by atoms with van der Waals surface area (Å²) in [6, 6.07) is 14.7. The molecule has 1 aromatic heterocycles. The van der Waals surface area contributed by atoms with Crippen molar-refractivity contribution < 1.29 is 9.53 Å². The van der Waals surface area contributed by atoms with E-state index in [1.165, 1.54) is 11.8 Å². The summed E-state index contributed by atoms with van der Waals surface area (Å²) in [7, 11) is 1.57. The number of rotatable bonds is 7. The molecular weight excluding hydrogens is 410 g/mol. The summed E-state index contributed by atoms with van der Waals surface area (Å²) in [5.74, 6) is 0.581. The highest BCUT2D eigenvalue weighted by Crippen LogP contribution is 2.30. The summed E-state index contributed by atoms with van der Waals surface area (Å²) in [5, 5.41) is 0.558. The monoisotopic (exact) mass is 439 g/mol. The number of hydrogen-bond donors (Lipinski definition) is 0. The quantitative estimate of drug-likeness (QED) is 0.400. The number of para-hydroxylation sites is 3. The lowest BCUT2D eigenvalue weighted by Crippen LogP contribution is -2.45. The maximum Gasteiger partial charge on any atom is 0.266 e. The Morgan fingerprint density at radius 2 is 1.61 bits per heavy atom. The Morgan fingerprint density at radius 3 is 2.26 bits per heavy atom. The van der Waals surface area contributed by atoms with Crippen LogP contribution >= 0.6 is 11.8 Å². The minimum atomic E-state index is -0.418. The summed E-state index contributed by atoms with van der Waals surface area (Å²) >= 11 is 1.29. The number of carbonyl (C=O) groups is 1. The van der Waals surface area contributed by atoms with Crippen molar-refractivity contribution >= 4 is 28.6 Å². The minimum absolute atomic E-state index is 0.0176. The van der Waals surface area contributed by atoms with Crippen LogP contribution in [0.1, 0.15) is 34.6 Å². The molecule has 0 spiro atoms. The number of aromatic nitrogens is 2. The summed E-state index contributed by atoms with van der Waals surface area (Å²) < 4.78 is 7.05. The Morgan fingerprint density at radius 1 is 1.00 bits per heavy atom. The van der Waals surface area contributed by atoms with Crippen molar-refractivity contribution in [3.05, 3.63) is 58.9 Å². The van der Waals surface area contributed by atoms with Crippen LogP contribution in [0, 0.1) is 0 Å². The highest BCUT2D eigenvalue weighted by atomic mass is 32.2. The number of ether oxygens (including phenoxy) is 1. The number of amides is 1. The van der Waals surface area contributed by atoms with Crippen LogP contribution < -0.4 is 10.3 Å². The van der Waals surface area contributed by atoms with Crippen molar-refractivity contribution in [2.45, 2.75) is 57.1 Å². The topological polar surface area (TPSA) is 64.4 Å². The largest absolute Gasteiger partial charge is 0.495 e. The molecule has 1 unspecified atom stereocenters. The predicted molar refractivity (Wildman–Crippen MR) is 126 cm³/mol. The number of carbonyl (C=O) groups excluding carboxylic acids is 1. The van der Waals surface area contributed by atoms with Gasteiger partial charge in [-0.25, -0.2) is 4.98 Å². The van der Waals surface area contributed by atoms with E-state index in [1.54, 1.807) is 23.8 Å². The Bertz CT molecular complexity index is 1130. The van der Waals surface area contributed by atoms with Crippen LogP contribution in [0.4, 0.5) is 0 Å². The first-order valence-corrected chi connectivity index (χ1v) is 11.3. The van der Waals surface area contributed by atoms with Gasteiger partial charge < -0.3 is 9.64 Å². The fraction of sp³-hybridized carbons (Fsp3) is 0.375. The van der Waals surface area contributed by atoms with Crippen LogP contribution in [-0.2, 0) is 4.79 Å². The first-order valence-electron chi connectivity index (χ1n) is 10.4. The molecule has 1 atom stereocenters. The first-order chi connectivity index (χ1) is 14.8. The Kier molecular flexibility index (Phi) is 7.05. The number of benzene rings is 2. The molecule has 1 amide bonds. The van der Waals surface area contributed by atoms with Gasteiger partial charge in [-0.1, -0.05) is 36.0 Å². The molecule has 31 heavy (non-hydrogen) atoms. The molecule has 0 aliphatic rings. The molecular formula is C24H29N3O3S. The molecule has 3 rings (SSSR count). The lowest BCUT2D eigenvalue weighted by Gasteiger charge is -2.33. The van der Waals surface area contributed by atoms with Gasteiger partial charge in [-0.15, -0.1) is 0 Å². The lowest BCUT2D eigenvalue weighted by molar-refractivity contribution is -0.133. The molecule has 1 heterocycles. The van der Waals surface area contributed by atoms with Gasteiger partial charge in [-0.2, -0.15) is 0 Å². The second-order valence-electron chi connectivity index (χ2n) is 7.92. The second-order valence-corrected chi connectivity index (χ2v) is 9.22. The molecule has 164 valence electrons. The summed E-state index contributed by atoms with van der Waals surface area (Å²) in [5.41, 5.74) is 1.01. The minimum Gasteiger partial charge on any atom is -0.495 e. The molecule has 2 aromatic carbocycles. The molecule has 0 fully saturated rings. The zero-order chi connectivity index (χ0) is 22.7. The molecule has 0 aliphatic heterocycles. The summed E-state index contributed by atoms with van der Waals surface area (Å²) in [4.78, 5) is 33.3. The molecule has 0 N–H and O–H groups in total. The molecule has 0 aliphatic carbocycles. The fourth-order valence-electron chi connectivity index (χ4n) is 3.74. The van der Waals surface area contributed by atoms with Crippen molar-refractivity contribution in [1.29, 1.82) is 0 Å². The average molecular weight is 440 g/mol. The number of nitrogens with zero attached hydrogens (tertiary/aromatic N) is 3. The molecule has 0 saturated heterocycles. The summed E-state index contributed by atoms with van der Waals surface area (Å²) in [6.07, 6.45) is 0. The highest BCUT2D eigenvalue weighted by Gasteiger charge is 2.28. The number of hydrogen-bond acceptors (Lipinski definition) is 5.